The van der Waals surface area contributed by atoms with Crippen LogP contribution in [0, 0.1) is 12.7 Å². The zero-order valence-electron chi connectivity index (χ0n) is 11.9. The fourth-order valence-corrected chi connectivity index (χ4v) is 3.69. The monoisotopic (exact) mass is 339 g/mol. The third kappa shape index (κ3) is 4.37. The molecule has 1 aromatic carbocycles. The molecule has 0 unspecified atom stereocenters. The van der Waals surface area contributed by atoms with Gasteiger partial charge in [0.1, 0.15) is 5.82 Å². The molecule has 0 saturated carbocycles. The summed E-state index contributed by atoms with van der Waals surface area (Å²) < 4.78 is 63.9. The van der Waals surface area contributed by atoms with Gasteiger partial charge in [0, 0.05) is 31.9 Å². The summed E-state index contributed by atoms with van der Waals surface area (Å²) in [7, 11) is -4.86. The van der Waals surface area contributed by atoms with Crippen LogP contribution in [0.25, 0.3) is 0 Å². The highest BCUT2D eigenvalue weighted by Crippen LogP contribution is 2.21. The zero-order chi connectivity index (χ0) is 16.4. The van der Waals surface area contributed by atoms with Gasteiger partial charge in [-0.1, -0.05) is 0 Å². The number of benzene rings is 1. The lowest BCUT2D eigenvalue weighted by Crippen LogP contribution is -2.34. The lowest BCUT2D eigenvalue weighted by molar-refractivity contribution is 0.519. The van der Waals surface area contributed by atoms with Crippen LogP contribution in [0.4, 0.5) is 10.1 Å². The van der Waals surface area contributed by atoms with E-state index < -0.39 is 31.6 Å². The number of nitrogens with zero attached hydrogens (tertiary/aromatic N) is 1. The molecule has 0 aliphatic rings. The minimum Gasteiger partial charge on any atom is -0.399 e. The average molecular weight is 339 g/mol. The maximum atomic E-state index is 13.5. The van der Waals surface area contributed by atoms with E-state index in [2.05, 4.69) is 4.72 Å². The predicted octanol–water partition coefficient (Wildman–Crippen LogP) is -0.114. The van der Waals surface area contributed by atoms with Gasteiger partial charge in [-0.15, -0.1) is 0 Å². The Morgan fingerprint density at radius 2 is 1.81 bits per heavy atom. The smallest absolute Gasteiger partial charge is 0.241 e. The van der Waals surface area contributed by atoms with Gasteiger partial charge in [-0.2, -0.15) is 0 Å². The van der Waals surface area contributed by atoms with Crippen LogP contribution in [0.2, 0.25) is 0 Å². The lowest BCUT2D eigenvalue weighted by Gasteiger charge is -2.13. The molecule has 0 atom stereocenters. The number of anilines is 1. The van der Waals surface area contributed by atoms with Gasteiger partial charge in [0.15, 0.2) is 0 Å². The van der Waals surface area contributed by atoms with Gasteiger partial charge in [0.2, 0.25) is 20.0 Å². The number of nitrogen functional groups attached to an aromatic ring is 1. The summed E-state index contributed by atoms with van der Waals surface area (Å²) in [6, 6.07) is 2.14. The summed E-state index contributed by atoms with van der Waals surface area (Å²) in [4.78, 5) is -0.303. The van der Waals surface area contributed by atoms with Crippen molar-refractivity contribution in [3.05, 3.63) is 23.5 Å². The highest BCUT2D eigenvalue weighted by Gasteiger charge is 2.21. The summed E-state index contributed by atoms with van der Waals surface area (Å²) in [6.45, 7) is 0.985. The van der Waals surface area contributed by atoms with Gasteiger partial charge >= 0.3 is 0 Å². The largest absolute Gasteiger partial charge is 0.399 e. The van der Waals surface area contributed by atoms with E-state index >= 15 is 0 Å². The molecule has 0 fully saturated rings. The van der Waals surface area contributed by atoms with Crippen molar-refractivity contribution in [2.45, 2.75) is 11.8 Å². The highest BCUT2D eigenvalue weighted by atomic mass is 32.2. The Hall–Kier alpha value is -1.23. The second kappa shape index (κ2) is 6.26. The second-order valence-corrected chi connectivity index (χ2v) is 8.66. The molecular formula is C11H18FN3O4S2. The fourth-order valence-electron chi connectivity index (χ4n) is 1.52. The van der Waals surface area contributed by atoms with Gasteiger partial charge in [0.05, 0.1) is 10.6 Å². The van der Waals surface area contributed by atoms with Crippen LogP contribution in [0.3, 0.4) is 0 Å². The van der Waals surface area contributed by atoms with Crippen LogP contribution >= 0.6 is 0 Å². The van der Waals surface area contributed by atoms with Crippen LogP contribution in [0.5, 0.6) is 0 Å². The molecule has 21 heavy (non-hydrogen) atoms. The molecule has 0 amide bonds. The molecule has 0 saturated heterocycles. The highest BCUT2D eigenvalue weighted by molar-refractivity contribution is 7.90. The molecule has 0 aliphatic carbocycles. The topological polar surface area (TPSA) is 110 Å². The minimum absolute atomic E-state index is 0.0283. The van der Waals surface area contributed by atoms with Crippen molar-refractivity contribution in [3.63, 3.8) is 0 Å². The number of hydrogen-bond donors (Lipinski definition) is 2. The first kappa shape index (κ1) is 17.8. The molecule has 0 spiro atoms. The van der Waals surface area contributed by atoms with Gasteiger partial charge < -0.3 is 5.73 Å². The number of nitrogens with two attached hydrogens (primary N) is 1. The van der Waals surface area contributed by atoms with Crippen molar-refractivity contribution in [1.29, 1.82) is 0 Å². The van der Waals surface area contributed by atoms with Gasteiger partial charge in [-0.05, 0) is 19.1 Å². The summed E-state index contributed by atoms with van der Waals surface area (Å²) in [6.07, 6.45) is 0. The van der Waals surface area contributed by atoms with E-state index in [0.29, 0.717) is 0 Å². The number of rotatable bonds is 6. The first-order valence-corrected chi connectivity index (χ1v) is 9.02. The molecule has 10 heteroatoms. The summed E-state index contributed by atoms with van der Waals surface area (Å²) >= 11 is 0. The first-order valence-electron chi connectivity index (χ1n) is 5.93. The van der Waals surface area contributed by atoms with E-state index in [1.54, 1.807) is 0 Å². The third-order valence-electron chi connectivity index (χ3n) is 2.82. The molecule has 0 bridgehead atoms. The van der Waals surface area contributed by atoms with Crippen molar-refractivity contribution in [2.24, 2.45) is 0 Å². The third-order valence-corrected chi connectivity index (χ3v) is 6.24. The van der Waals surface area contributed by atoms with E-state index in [-0.39, 0.29) is 22.7 Å². The SMILES string of the molecule is Cc1c(F)cc(N)cc1S(=O)(=O)NCCS(=O)(=O)N(C)C. The Balaban J connectivity index is 2.94. The lowest BCUT2D eigenvalue weighted by atomic mass is 10.2. The summed E-state index contributed by atoms with van der Waals surface area (Å²) in [5.41, 5.74) is 5.32. The van der Waals surface area contributed by atoms with Crippen LogP contribution < -0.4 is 10.5 Å². The van der Waals surface area contributed by atoms with E-state index in [9.17, 15) is 21.2 Å². The molecular weight excluding hydrogens is 321 g/mol. The predicted molar refractivity (Wildman–Crippen MR) is 78.2 cm³/mol. The quantitative estimate of drug-likeness (QED) is 0.703. The van der Waals surface area contributed by atoms with Crippen LogP contribution in [-0.2, 0) is 20.0 Å². The van der Waals surface area contributed by atoms with Gasteiger partial charge in [-0.25, -0.2) is 30.3 Å². The Kier molecular flexibility index (Phi) is 5.31. The van der Waals surface area contributed by atoms with Crippen LogP contribution in [-0.4, -0.2) is 47.5 Å². The molecule has 0 heterocycles. The molecule has 1 aromatic rings. The molecule has 7 nitrogen and oxygen atoms in total. The summed E-state index contributed by atoms with van der Waals surface area (Å²) in [5, 5.41) is 0. The Morgan fingerprint density at radius 1 is 1.24 bits per heavy atom. The standard InChI is InChI=1S/C11H18FN3O4S2/c1-8-10(12)6-9(13)7-11(8)21(18,19)14-4-5-20(16,17)15(2)3/h6-7,14H,4-5,13H2,1-3H3. The summed E-state index contributed by atoms with van der Waals surface area (Å²) in [5.74, 6) is -1.14. The van der Waals surface area contributed by atoms with E-state index in [1.165, 1.54) is 21.0 Å². The molecule has 3 N–H and O–H groups in total. The molecule has 1 rings (SSSR count). The number of halogens is 1. The Labute approximate surface area is 124 Å². The van der Waals surface area contributed by atoms with Crippen molar-refractivity contribution in [3.8, 4) is 0 Å². The normalized spacial score (nSPS) is 12.8. The molecule has 120 valence electrons. The first-order chi connectivity index (χ1) is 9.47. The molecule has 0 radical (unpaired) electrons. The number of nitrogens with one attached hydrogen (secondary N) is 1. The van der Waals surface area contributed by atoms with Crippen LogP contribution in [0.15, 0.2) is 17.0 Å². The van der Waals surface area contributed by atoms with Crippen molar-refractivity contribution >= 4 is 25.7 Å². The van der Waals surface area contributed by atoms with Crippen molar-refractivity contribution < 1.29 is 21.2 Å². The zero-order valence-corrected chi connectivity index (χ0v) is 13.6. The second-order valence-electron chi connectivity index (χ2n) is 4.62. The van der Waals surface area contributed by atoms with Crippen molar-refractivity contribution in [1.82, 2.24) is 9.03 Å². The molecule has 0 aromatic heterocycles. The Morgan fingerprint density at radius 3 is 2.33 bits per heavy atom. The van der Waals surface area contributed by atoms with Gasteiger partial charge in [0.25, 0.3) is 0 Å². The van der Waals surface area contributed by atoms with Crippen LogP contribution in [0.1, 0.15) is 5.56 Å². The fraction of sp³-hybridized carbons (Fsp3) is 0.455. The van der Waals surface area contributed by atoms with Crippen molar-refractivity contribution in [2.75, 3.05) is 32.1 Å². The average Bonchev–Trinajstić information content (AvgIpc) is 2.32. The van der Waals surface area contributed by atoms with E-state index in [0.717, 1.165) is 16.4 Å². The molecule has 0 aliphatic heterocycles. The van der Waals surface area contributed by atoms with E-state index in [4.69, 9.17) is 5.73 Å². The number of hydrogen-bond acceptors (Lipinski definition) is 5. The maximum Gasteiger partial charge on any atom is 0.241 e. The minimum atomic E-state index is -4.04. The van der Waals surface area contributed by atoms with Gasteiger partial charge in [-0.3, -0.25) is 0 Å². The Bertz CT molecular complexity index is 730. The number of sulfonamides is 2. The maximum absolute atomic E-state index is 13.5. The van der Waals surface area contributed by atoms with E-state index in [1.807, 2.05) is 0 Å².